The first-order chi connectivity index (χ1) is 11.0. The first kappa shape index (κ1) is 17.0. The number of ketones is 2. The number of hydrogen-bond acceptors (Lipinski definition) is 5. The summed E-state index contributed by atoms with van der Waals surface area (Å²) in [4.78, 5) is 24.5. The summed E-state index contributed by atoms with van der Waals surface area (Å²) in [7, 11) is 2.95. The van der Waals surface area contributed by atoms with Crippen molar-refractivity contribution in [1.29, 1.82) is 0 Å². The molecule has 0 aliphatic rings. The predicted molar refractivity (Wildman–Crippen MR) is 88.6 cm³/mol. The fourth-order valence-corrected chi connectivity index (χ4v) is 2.64. The van der Waals surface area contributed by atoms with Crippen molar-refractivity contribution in [3.8, 4) is 17.2 Å². The molecule has 2 rings (SSSR count). The molecule has 0 heterocycles. The first-order valence-electron chi connectivity index (χ1n) is 6.73. The summed E-state index contributed by atoms with van der Waals surface area (Å²) < 4.78 is 11.0. The van der Waals surface area contributed by atoms with Crippen molar-refractivity contribution in [3.63, 3.8) is 0 Å². The fraction of sp³-hybridized carbons (Fsp3) is 0.176. The molecule has 23 heavy (non-hydrogen) atoms. The molecule has 0 unspecified atom stereocenters. The Morgan fingerprint density at radius 2 is 1.61 bits per heavy atom. The Labute approximate surface area is 142 Å². The van der Waals surface area contributed by atoms with Gasteiger partial charge in [0.1, 0.15) is 21.7 Å². The van der Waals surface area contributed by atoms with Crippen molar-refractivity contribution in [1.82, 2.24) is 0 Å². The summed E-state index contributed by atoms with van der Waals surface area (Å²) in [6, 6.07) is 9.19. The van der Waals surface area contributed by atoms with Crippen LogP contribution in [0.25, 0.3) is 0 Å². The van der Waals surface area contributed by atoms with E-state index in [1.807, 2.05) is 0 Å². The lowest BCUT2D eigenvalue weighted by molar-refractivity contribution is 0.0892. The van der Waals surface area contributed by atoms with Gasteiger partial charge in [-0.1, -0.05) is 12.1 Å². The Hall–Kier alpha value is -2.34. The lowest BCUT2D eigenvalue weighted by Gasteiger charge is -2.11. The summed E-state index contributed by atoms with van der Waals surface area (Å²) in [5.41, 5.74) is 0.419. The Morgan fingerprint density at radius 1 is 1.04 bits per heavy atom. The van der Waals surface area contributed by atoms with E-state index in [1.54, 1.807) is 12.1 Å². The third kappa shape index (κ3) is 3.71. The molecule has 0 spiro atoms. The molecule has 0 aliphatic heterocycles. The number of hydrogen-bond donors (Lipinski definition) is 1. The topological polar surface area (TPSA) is 72.8 Å². The van der Waals surface area contributed by atoms with E-state index in [1.165, 1.54) is 38.5 Å². The summed E-state index contributed by atoms with van der Waals surface area (Å²) in [5.74, 6) is -0.113. The third-order valence-corrected chi connectivity index (χ3v) is 4.07. The number of ether oxygens (including phenoxy) is 2. The van der Waals surface area contributed by atoms with Crippen LogP contribution in [0.1, 0.15) is 27.1 Å². The van der Waals surface area contributed by atoms with E-state index < -0.39 is 5.78 Å². The molecule has 6 heteroatoms. The molecule has 0 amide bonds. The van der Waals surface area contributed by atoms with Gasteiger partial charge in [0.2, 0.25) is 0 Å². The van der Waals surface area contributed by atoms with Crippen LogP contribution in [0.5, 0.6) is 17.2 Å². The van der Waals surface area contributed by atoms with Crippen molar-refractivity contribution in [2.45, 2.75) is 6.42 Å². The van der Waals surface area contributed by atoms with Crippen LogP contribution in [0.2, 0.25) is 0 Å². The second kappa shape index (κ2) is 7.28. The predicted octanol–water partition coefficient (Wildman–Crippen LogP) is 3.63. The van der Waals surface area contributed by atoms with Crippen LogP contribution in [0.4, 0.5) is 0 Å². The molecule has 0 saturated carbocycles. The van der Waals surface area contributed by atoms with Crippen molar-refractivity contribution >= 4 is 27.5 Å². The summed E-state index contributed by atoms with van der Waals surface area (Å²) in [6.07, 6.45) is -0.356. The molecule has 0 aliphatic carbocycles. The molecule has 1 N–H and O–H groups in total. The molecular formula is C17H15BrO5. The number of aromatic hydroxyl groups is 1. The maximum absolute atomic E-state index is 12.4. The second-order valence-electron chi connectivity index (χ2n) is 4.74. The summed E-state index contributed by atoms with van der Waals surface area (Å²) in [5, 5.41) is 9.69. The lowest BCUT2D eigenvalue weighted by atomic mass is 10.0. The molecule has 0 aromatic heterocycles. The first-order valence-corrected chi connectivity index (χ1v) is 7.53. The third-order valence-electron chi connectivity index (χ3n) is 3.29. The van der Waals surface area contributed by atoms with Gasteiger partial charge in [0.05, 0.1) is 26.2 Å². The molecule has 0 bridgehead atoms. The van der Waals surface area contributed by atoms with Crippen LogP contribution < -0.4 is 9.47 Å². The quantitative estimate of drug-likeness (QED) is 0.613. The molecule has 0 atom stereocenters. The number of Topliss-reactive ketones (excluding diaryl/α,β-unsaturated/α-hetero) is 2. The average molecular weight is 379 g/mol. The SMILES string of the molecule is COc1cc(C(=O)CC(=O)c2ccccc2O)cc(OC)c1Br. The number of phenolic OH excluding ortho intramolecular Hbond substituents is 1. The largest absolute Gasteiger partial charge is 0.507 e. The molecular weight excluding hydrogens is 364 g/mol. The standard InChI is InChI=1S/C17H15BrO5/c1-22-15-7-10(8-16(23-2)17(15)18)13(20)9-14(21)11-5-3-4-6-12(11)19/h3-8,19H,9H2,1-2H3. The zero-order valence-electron chi connectivity index (χ0n) is 12.6. The number of carbonyl (C=O) groups excluding carboxylic acids is 2. The fourth-order valence-electron chi connectivity index (χ4n) is 2.08. The highest BCUT2D eigenvalue weighted by atomic mass is 79.9. The number of halogens is 1. The number of methoxy groups -OCH3 is 2. The van der Waals surface area contributed by atoms with Gasteiger partial charge in [-0.05, 0) is 40.2 Å². The smallest absolute Gasteiger partial charge is 0.174 e. The van der Waals surface area contributed by atoms with E-state index >= 15 is 0 Å². The van der Waals surface area contributed by atoms with Gasteiger partial charge in [0.25, 0.3) is 0 Å². The second-order valence-corrected chi connectivity index (χ2v) is 5.53. The van der Waals surface area contributed by atoms with E-state index in [9.17, 15) is 14.7 Å². The van der Waals surface area contributed by atoms with Crippen molar-refractivity contribution in [2.75, 3.05) is 14.2 Å². The van der Waals surface area contributed by atoms with Gasteiger partial charge in [-0.15, -0.1) is 0 Å². The van der Waals surface area contributed by atoms with Crippen LogP contribution in [-0.4, -0.2) is 30.9 Å². The molecule has 120 valence electrons. The van der Waals surface area contributed by atoms with Crippen molar-refractivity contribution in [2.24, 2.45) is 0 Å². The van der Waals surface area contributed by atoms with Crippen LogP contribution in [0, 0.1) is 0 Å². The molecule has 0 saturated heterocycles. The van der Waals surface area contributed by atoms with Crippen LogP contribution in [0.3, 0.4) is 0 Å². The van der Waals surface area contributed by atoms with Crippen LogP contribution >= 0.6 is 15.9 Å². The van der Waals surface area contributed by atoms with Gasteiger partial charge in [0, 0.05) is 5.56 Å². The van der Waals surface area contributed by atoms with E-state index in [0.717, 1.165) is 0 Å². The minimum atomic E-state index is -0.450. The van der Waals surface area contributed by atoms with E-state index in [0.29, 0.717) is 21.5 Å². The van der Waals surface area contributed by atoms with Gasteiger partial charge in [-0.2, -0.15) is 0 Å². The lowest BCUT2D eigenvalue weighted by Crippen LogP contribution is -2.09. The zero-order valence-corrected chi connectivity index (χ0v) is 14.2. The zero-order chi connectivity index (χ0) is 17.0. The van der Waals surface area contributed by atoms with Gasteiger partial charge >= 0.3 is 0 Å². The number of phenols is 1. The number of carbonyl (C=O) groups is 2. The Bertz CT molecular complexity index is 729. The van der Waals surface area contributed by atoms with Gasteiger partial charge in [-0.3, -0.25) is 9.59 Å². The van der Waals surface area contributed by atoms with E-state index in [4.69, 9.17) is 9.47 Å². The minimum Gasteiger partial charge on any atom is -0.507 e. The van der Waals surface area contributed by atoms with Gasteiger partial charge < -0.3 is 14.6 Å². The Morgan fingerprint density at radius 3 is 2.13 bits per heavy atom. The maximum Gasteiger partial charge on any atom is 0.174 e. The van der Waals surface area contributed by atoms with Crippen molar-refractivity contribution in [3.05, 3.63) is 52.0 Å². The minimum absolute atomic E-state index is 0.122. The molecule has 2 aromatic rings. The van der Waals surface area contributed by atoms with E-state index in [2.05, 4.69) is 15.9 Å². The normalized spacial score (nSPS) is 10.2. The summed E-state index contributed by atoms with van der Waals surface area (Å²) >= 11 is 3.32. The van der Waals surface area contributed by atoms with E-state index in [-0.39, 0.29) is 23.5 Å². The monoisotopic (exact) mass is 378 g/mol. The Kier molecular flexibility index (Phi) is 5.39. The highest BCUT2D eigenvalue weighted by Gasteiger charge is 2.19. The highest BCUT2D eigenvalue weighted by Crippen LogP contribution is 2.36. The molecule has 2 aromatic carbocycles. The maximum atomic E-state index is 12.4. The van der Waals surface area contributed by atoms with Crippen molar-refractivity contribution < 1.29 is 24.2 Å². The highest BCUT2D eigenvalue weighted by molar-refractivity contribution is 9.10. The number of para-hydroxylation sites is 1. The van der Waals surface area contributed by atoms with Crippen LogP contribution in [0.15, 0.2) is 40.9 Å². The number of rotatable bonds is 6. The Balaban J connectivity index is 2.27. The average Bonchev–Trinajstić information content (AvgIpc) is 2.55. The van der Waals surface area contributed by atoms with Gasteiger partial charge in [0.15, 0.2) is 11.6 Å². The molecule has 5 nitrogen and oxygen atoms in total. The number of benzene rings is 2. The van der Waals surface area contributed by atoms with Crippen LogP contribution in [-0.2, 0) is 0 Å². The molecule has 0 radical (unpaired) electrons. The molecule has 0 fully saturated rings. The van der Waals surface area contributed by atoms with Gasteiger partial charge in [-0.25, -0.2) is 0 Å². The summed E-state index contributed by atoms with van der Waals surface area (Å²) in [6.45, 7) is 0.